The summed E-state index contributed by atoms with van der Waals surface area (Å²) < 4.78 is 0. The van der Waals surface area contributed by atoms with E-state index >= 15 is 0 Å². The molecule has 0 saturated carbocycles. The lowest BCUT2D eigenvalue weighted by molar-refractivity contribution is -0.125. The first-order valence-electron chi connectivity index (χ1n) is 7.36. The number of fused-ring (bicyclic) bond motifs is 1. The predicted octanol–water partition coefficient (Wildman–Crippen LogP) is 1.18. The first-order chi connectivity index (χ1) is 10.4. The normalized spacial score (nSPS) is 23.7. The van der Waals surface area contributed by atoms with Crippen LogP contribution in [0.15, 0.2) is 30.1 Å². The molecule has 1 aromatic rings. The number of anilines is 1. The molecule has 2 atom stereocenters. The van der Waals surface area contributed by atoms with Crippen molar-refractivity contribution in [2.45, 2.75) is 39.3 Å². The van der Waals surface area contributed by atoms with Crippen molar-refractivity contribution in [3.8, 4) is 0 Å². The number of carbonyl (C=O) groups excluding carboxylic acids is 2. The molecule has 0 spiro atoms. The third-order valence-electron chi connectivity index (χ3n) is 4.01. The number of aryl methyl sites for hydroxylation is 2. The molecular formula is C16H20N4O2. The van der Waals surface area contributed by atoms with Crippen LogP contribution in [0.4, 0.5) is 5.69 Å². The second-order valence-electron chi connectivity index (χ2n) is 5.95. The summed E-state index contributed by atoms with van der Waals surface area (Å²) in [6, 6.07) is 5.15. The predicted molar refractivity (Wildman–Crippen MR) is 83.6 cm³/mol. The number of rotatable bonds is 2. The maximum atomic E-state index is 12.4. The number of hydrazine groups is 1. The van der Waals surface area contributed by atoms with Crippen LogP contribution in [0, 0.1) is 13.8 Å². The molecule has 2 amide bonds. The van der Waals surface area contributed by atoms with Crippen LogP contribution < -0.4 is 16.1 Å². The summed E-state index contributed by atoms with van der Waals surface area (Å²) in [6.07, 6.45) is 2.27. The average Bonchev–Trinajstić information content (AvgIpc) is 2.86. The van der Waals surface area contributed by atoms with Crippen LogP contribution in [0.2, 0.25) is 0 Å². The van der Waals surface area contributed by atoms with E-state index in [1.54, 1.807) is 5.01 Å². The van der Waals surface area contributed by atoms with E-state index in [-0.39, 0.29) is 17.9 Å². The monoisotopic (exact) mass is 300 g/mol. The molecular weight excluding hydrogens is 280 g/mol. The lowest BCUT2D eigenvalue weighted by Gasteiger charge is -2.27. The summed E-state index contributed by atoms with van der Waals surface area (Å²) in [4.78, 5) is 24.4. The van der Waals surface area contributed by atoms with Gasteiger partial charge in [-0.3, -0.25) is 9.59 Å². The number of benzene rings is 1. The molecule has 6 heteroatoms. The zero-order valence-electron chi connectivity index (χ0n) is 12.9. The second-order valence-corrected chi connectivity index (χ2v) is 5.95. The SMILES string of the molecule is CC1=CN2NC(C(=O)Nc3ccc(C)cc3C)CC2C(=O)N1. The Morgan fingerprint density at radius 3 is 2.82 bits per heavy atom. The number of nitrogens with one attached hydrogen (secondary N) is 3. The first-order valence-corrected chi connectivity index (χ1v) is 7.36. The molecule has 0 aliphatic carbocycles. The van der Waals surface area contributed by atoms with Gasteiger partial charge in [-0.1, -0.05) is 17.7 Å². The summed E-state index contributed by atoms with van der Waals surface area (Å²) in [5.74, 6) is -0.200. The van der Waals surface area contributed by atoms with Crippen LogP contribution in [0.25, 0.3) is 0 Å². The maximum Gasteiger partial charge on any atom is 0.248 e. The molecule has 2 heterocycles. The van der Waals surface area contributed by atoms with Gasteiger partial charge in [0, 0.05) is 24.0 Å². The number of hydrogen-bond donors (Lipinski definition) is 3. The van der Waals surface area contributed by atoms with Gasteiger partial charge in [0.05, 0.1) is 0 Å². The van der Waals surface area contributed by atoms with Crippen molar-refractivity contribution in [1.29, 1.82) is 0 Å². The molecule has 2 aliphatic heterocycles. The lowest BCUT2D eigenvalue weighted by Crippen LogP contribution is -2.48. The third-order valence-corrected chi connectivity index (χ3v) is 4.01. The highest BCUT2D eigenvalue weighted by molar-refractivity contribution is 5.97. The van der Waals surface area contributed by atoms with Gasteiger partial charge in [-0.25, -0.2) is 5.43 Å². The topological polar surface area (TPSA) is 73.5 Å². The highest BCUT2D eigenvalue weighted by atomic mass is 16.2. The van der Waals surface area contributed by atoms with E-state index in [4.69, 9.17) is 0 Å². The van der Waals surface area contributed by atoms with Crippen LogP contribution >= 0.6 is 0 Å². The number of allylic oxidation sites excluding steroid dienone is 1. The van der Waals surface area contributed by atoms with Gasteiger partial charge in [-0.2, -0.15) is 0 Å². The number of carbonyl (C=O) groups is 2. The standard InChI is InChI=1S/C16H20N4O2/c1-9-4-5-12(10(2)6-9)18-15(21)13-7-14-16(22)17-11(3)8-20(14)19-13/h4-6,8,13-14,19H,7H2,1-3H3,(H,17,22)(H,18,21). The minimum atomic E-state index is -0.418. The fourth-order valence-electron chi connectivity index (χ4n) is 2.88. The van der Waals surface area contributed by atoms with Crippen LogP contribution in [0.3, 0.4) is 0 Å². The van der Waals surface area contributed by atoms with Crippen LogP contribution in [-0.4, -0.2) is 28.9 Å². The Kier molecular flexibility index (Phi) is 3.62. The van der Waals surface area contributed by atoms with E-state index in [1.165, 1.54) is 0 Å². The zero-order valence-corrected chi connectivity index (χ0v) is 12.9. The van der Waals surface area contributed by atoms with E-state index in [9.17, 15) is 9.59 Å². The molecule has 3 N–H and O–H groups in total. The smallest absolute Gasteiger partial charge is 0.248 e. The van der Waals surface area contributed by atoms with Crippen molar-refractivity contribution < 1.29 is 9.59 Å². The Morgan fingerprint density at radius 1 is 1.32 bits per heavy atom. The van der Waals surface area contributed by atoms with Crippen LogP contribution in [-0.2, 0) is 9.59 Å². The van der Waals surface area contributed by atoms with Crippen LogP contribution in [0.1, 0.15) is 24.5 Å². The Labute approximate surface area is 129 Å². The Morgan fingerprint density at radius 2 is 2.09 bits per heavy atom. The van der Waals surface area contributed by atoms with E-state index in [0.29, 0.717) is 6.42 Å². The Hall–Kier alpha value is -2.34. The molecule has 116 valence electrons. The summed E-state index contributed by atoms with van der Waals surface area (Å²) in [5, 5.41) is 7.44. The van der Waals surface area contributed by atoms with E-state index < -0.39 is 6.04 Å². The van der Waals surface area contributed by atoms with Gasteiger partial charge in [0.25, 0.3) is 0 Å². The number of nitrogens with zero attached hydrogens (tertiary/aromatic N) is 1. The van der Waals surface area contributed by atoms with Gasteiger partial charge in [0.15, 0.2) is 0 Å². The minimum absolute atomic E-state index is 0.0747. The largest absolute Gasteiger partial charge is 0.327 e. The van der Waals surface area contributed by atoms with Crippen molar-refractivity contribution in [1.82, 2.24) is 15.8 Å². The molecule has 2 unspecified atom stereocenters. The molecule has 22 heavy (non-hydrogen) atoms. The van der Waals surface area contributed by atoms with Crippen molar-refractivity contribution >= 4 is 17.5 Å². The number of hydrogen-bond acceptors (Lipinski definition) is 4. The quantitative estimate of drug-likeness (QED) is 0.767. The first kappa shape index (κ1) is 14.6. The number of amides is 2. The molecule has 1 saturated heterocycles. The summed E-state index contributed by atoms with van der Waals surface area (Å²) in [5.41, 5.74) is 6.84. The molecule has 1 fully saturated rings. The zero-order chi connectivity index (χ0) is 15.9. The van der Waals surface area contributed by atoms with E-state index in [0.717, 1.165) is 22.5 Å². The van der Waals surface area contributed by atoms with Crippen molar-refractivity contribution in [3.63, 3.8) is 0 Å². The van der Waals surface area contributed by atoms with Gasteiger partial charge in [-0.15, -0.1) is 0 Å². The highest BCUT2D eigenvalue weighted by Gasteiger charge is 2.40. The van der Waals surface area contributed by atoms with Gasteiger partial charge in [0.2, 0.25) is 11.8 Å². The summed E-state index contributed by atoms with van der Waals surface area (Å²) in [7, 11) is 0. The molecule has 6 nitrogen and oxygen atoms in total. The summed E-state index contributed by atoms with van der Waals surface area (Å²) in [6.45, 7) is 5.80. The minimum Gasteiger partial charge on any atom is -0.327 e. The molecule has 0 aromatic heterocycles. The van der Waals surface area contributed by atoms with E-state index in [1.807, 2.05) is 45.2 Å². The molecule has 3 rings (SSSR count). The molecule has 2 aliphatic rings. The second kappa shape index (κ2) is 5.46. The van der Waals surface area contributed by atoms with Crippen molar-refractivity contribution in [2.24, 2.45) is 0 Å². The Balaban J connectivity index is 1.71. The van der Waals surface area contributed by atoms with Gasteiger partial charge < -0.3 is 15.6 Å². The molecule has 0 bridgehead atoms. The van der Waals surface area contributed by atoms with Gasteiger partial charge in [0.1, 0.15) is 12.1 Å². The maximum absolute atomic E-state index is 12.4. The van der Waals surface area contributed by atoms with E-state index in [2.05, 4.69) is 16.1 Å². The average molecular weight is 300 g/mol. The fourth-order valence-corrected chi connectivity index (χ4v) is 2.88. The molecule has 1 aromatic carbocycles. The third kappa shape index (κ3) is 2.69. The lowest BCUT2D eigenvalue weighted by atomic mass is 10.1. The van der Waals surface area contributed by atoms with Crippen molar-refractivity contribution in [3.05, 3.63) is 41.2 Å². The van der Waals surface area contributed by atoms with Gasteiger partial charge in [-0.05, 0) is 32.4 Å². The van der Waals surface area contributed by atoms with Crippen LogP contribution in [0.5, 0.6) is 0 Å². The summed E-state index contributed by atoms with van der Waals surface area (Å²) >= 11 is 0. The highest BCUT2D eigenvalue weighted by Crippen LogP contribution is 2.22. The fraction of sp³-hybridized carbons (Fsp3) is 0.375. The van der Waals surface area contributed by atoms with Crippen molar-refractivity contribution in [2.75, 3.05) is 5.32 Å². The molecule has 0 radical (unpaired) electrons. The Bertz CT molecular complexity index is 668. The van der Waals surface area contributed by atoms with Gasteiger partial charge >= 0.3 is 0 Å².